The second-order valence-electron chi connectivity index (χ2n) is 7.75. The van der Waals surface area contributed by atoms with Gasteiger partial charge in [-0.25, -0.2) is 4.79 Å². The fourth-order valence-corrected chi connectivity index (χ4v) is 3.97. The number of ether oxygens (including phenoxy) is 1. The Labute approximate surface area is 180 Å². The van der Waals surface area contributed by atoms with E-state index in [0.29, 0.717) is 16.8 Å². The predicted octanol–water partition coefficient (Wildman–Crippen LogP) is 4.50. The van der Waals surface area contributed by atoms with Gasteiger partial charge in [0.1, 0.15) is 0 Å². The van der Waals surface area contributed by atoms with Crippen molar-refractivity contribution < 1.29 is 19.1 Å². The maximum absolute atomic E-state index is 13.1. The van der Waals surface area contributed by atoms with Gasteiger partial charge in [-0.15, -0.1) is 0 Å². The zero-order chi connectivity index (χ0) is 21.8. The van der Waals surface area contributed by atoms with Crippen molar-refractivity contribution in [1.82, 2.24) is 4.98 Å². The molecule has 6 heteroatoms. The van der Waals surface area contributed by atoms with E-state index >= 15 is 0 Å². The fraction of sp³-hybridized carbons (Fsp3) is 0.280. The summed E-state index contributed by atoms with van der Waals surface area (Å²) >= 11 is 0. The number of ketones is 1. The Hall–Kier alpha value is -3.54. The lowest BCUT2D eigenvalue weighted by Crippen LogP contribution is -2.22. The molecule has 1 N–H and O–H groups in total. The van der Waals surface area contributed by atoms with E-state index in [1.54, 1.807) is 24.3 Å². The van der Waals surface area contributed by atoms with Gasteiger partial charge in [0, 0.05) is 22.3 Å². The Morgan fingerprint density at radius 2 is 1.71 bits per heavy atom. The molecule has 0 bridgehead atoms. The highest BCUT2D eigenvalue weighted by atomic mass is 16.5. The molecule has 31 heavy (non-hydrogen) atoms. The third-order valence-corrected chi connectivity index (χ3v) is 5.53. The first-order chi connectivity index (χ1) is 15.0. The van der Waals surface area contributed by atoms with E-state index in [9.17, 15) is 14.4 Å². The Bertz CT molecular complexity index is 1150. The fourth-order valence-electron chi connectivity index (χ4n) is 3.97. The van der Waals surface area contributed by atoms with Crippen molar-refractivity contribution in [3.05, 3.63) is 70.9 Å². The molecule has 0 radical (unpaired) electrons. The first kappa shape index (κ1) is 20.7. The van der Waals surface area contributed by atoms with Gasteiger partial charge < -0.3 is 10.1 Å². The first-order valence-electron chi connectivity index (χ1n) is 10.5. The molecule has 1 amide bonds. The number of aryl methyl sites for hydroxylation is 1. The van der Waals surface area contributed by atoms with Crippen molar-refractivity contribution in [3.63, 3.8) is 0 Å². The van der Waals surface area contributed by atoms with Crippen molar-refractivity contribution in [2.75, 3.05) is 11.9 Å². The molecule has 158 valence electrons. The second kappa shape index (κ2) is 9.08. The average molecular weight is 416 g/mol. The summed E-state index contributed by atoms with van der Waals surface area (Å²) < 4.78 is 5.41. The van der Waals surface area contributed by atoms with E-state index in [1.807, 2.05) is 24.3 Å². The molecule has 1 aliphatic rings. The number of pyridine rings is 1. The minimum atomic E-state index is -0.501. The average Bonchev–Trinajstić information content (AvgIpc) is 3.01. The molecule has 1 aromatic heterocycles. The van der Waals surface area contributed by atoms with Crippen molar-refractivity contribution in [2.45, 2.75) is 39.0 Å². The smallest absolute Gasteiger partial charge is 0.339 e. The summed E-state index contributed by atoms with van der Waals surface area (Å²) in [5.41, 5.74) is 4.30. The number of rotatable bonds is 5. The van der Waals surface area contributed by atoms with E-state index in [2.05, 4.69) is 5.32 Å². The van der Waals surface area contributed by atoms with Crippen molar-refractivity contribution >= 4 is 34.3 Å². The highest BCUT2D eigenvalue weighted by Gasteiger charge is 2.23. The number of benzene rings is 2. The molecule has 0 atom stereocenters. The Morgan fingerprint density at radius 3 is 2.48 bits per heavy atom. The zero-order valence-corrected chi connectivity index (χ0v) is 17.4. The van der Waals surface area contributed by atoms with Crippen LogP contribution >= 0.6 is 0 Å². The van der Waals surface area contributed by atoms with Gasteiger partial charge in [-0.05, 0) is 68.5 Å². The van der Waals surface area contributed by atoms with Gasteiger partial charge >= 0.3 is 5.97 Å². The molecule has 0 saturated carbocycles. The highest BCUT2D eigenvalue weighted by Crippen LogP contribution is 2.29. The van der Waals surface area contributed by atoms with Gasteiger partial charge in [-0.2, -0.15) is 0 Å². The van der Waals surface area contributed by atoms with Crippen LogP contribution in [0.2, 0.25) is 0 Å². The van der Waals surface area contributed by atoms with Crippen LogP contribution in [0.4, 0.5) is 5.69 Å². The summed E-state index contributed by atoms with van der Waals surface area (Å²) in [4.78, 5) is 41.5. The number of hydrogen-bond donors (Lipinski definition) is 1. The van der Waals surface area contributed by atoms with Crippen LogP contribution in [0.25, 0.3) is 10.9 Å². The molecular weight excluding hydrogens is 392 g/mol. The van der Waals surface area contributed by atoms with Crippen LogP contribution in [0, 0.1) is 0 Å². The lowest BCUT2D eigenvalue weighted by atomic mass is 9.97. The highest BCUT2D eigenvalue weighted by molar-refractivity contribution is 6.06. The van der Waals surface area contributed by atoms with Crippen molar-refractivity contribution in [1.29, 1.82) is 0 Å². The lowest BCUT2D eigenvalue weighted by molar-refractivity contribution is -0.119. The number of amides is 1. The molecule has 3 aromatic rings. The number of nitrogens with one attached hydrogen (secondary N) is 1. The number of carbonyl (C=O) groups excluding carboxylic acids is 3. The molecule has 2 aromatic carbocycles. The lowest BCUT2D eigenvalue weighted by Gasteiger charge is -2.15. The molecule has 1 aliphatic carbocycles. The number of para-hydroxylation sites is 1. The Kier molecular flexibility index (Phi) is 6.07. The molecule has 0 unspecified atom stereocenters. The topological polar surface area (TPSA) is 85.4 Å². The van der Waals surface area contributed by atoms with E-state index < -0.39 is 18.5 Å². The van der Waals surface area contributed by atoms with E-state index in [4.69, 9.17) is 9.72 Å². The molecule has 0 spiro atoms. The van der Waals surface area contributed by atoms with Crippen LogP contribution in [-0.4, -0.2) is 29.3 Å². The zero-order valence-electron chi connectivity index (χ0n) is 17.4. The Balaban J connectivity index is 1.51. The van der Waals surface area contributed by atoms with Crippen LogP contribution in [0.1, 0.15) is 58.2 Å². The number of fused-ring (bicyclic) bond motifs is 2. The largest absolute Gasteiger partial charge is 0.452 e. The molecular formula is C25H24N2O4. The molecule has 1 heterocycles. The monoisotopic (exact) mass is 416 g/mol. The van der Waals surface area contributed by atoms with Gasteiger partial charge in [0.2, 0.25) is 0 Å². The number of carbonyl (C=O) groups is 3. The molecule has 0 aliphatic heterocycles. The SMILES string of the molecule is CC(=O)c1ccc(NC(=O)COC(=O)c2c3c(nc4ccccc24)CCCCC3)cc1. The molecule has 0 saturated heterocycles. The van der Waals surface area contributed by atoms with E-state index in [0.717, 1.165) is 54.3 Å². The van der Waals surface area contributed by atoms with Gasteiger partial charge in [0.15, 0.2) is 12.4 Å². The minimum Gasteiger partial charge on any atom is -0.452 e. The summed E-state index contributed by atoms with van der Waals surface area (Å²) in [6.07, 6.45) is 4.79. The van der Waals surface area contributed by atoms with Gasteiger partial charge in [0.05, 0.1) is 11.1 Å². The Morgan fingerprint density at radius 1 is 0.968 bits per heavy atom. The number of hydrogen-bond acceptors (Lipinski definition) is 5. The predicted molar refractivity (Wildman–Crippen MR) is 118 cm³/mol. The number of Topliss-reactive ketones (excluding diaryl/α,β-unsaturated/α-hetero) is 1. The third-order valence-electron chi connectivity index (χ3n) is 5.53. The van der Waals surface area contributed by atoms with Crippen LogP contribution in [-0.2, 0) is 22.4 Å². The second-order valence-corrected chi connectivity index (χ2v) is 7.75. The van der Waals surface area contributed by atoms with Crippen LogP contribution in [0.5, 0.6) is 0 Å². The quantitative estimate of drug-likeness (QED) is 0.376. The number of anilines is 1. The normalized spacial score (nSPS) is 13.2. The maximum Gasteiger partial charge on any atom is 0.339 e. The van der Waals surface area contributed by atoms with Crippen molar-refractivity contribution in [3.8, 4) is 0 Å². The number of esters is 1. The molecule has 6 nitrogen and oxygen atoms in total. The minimum absolute atomic E-state index is 0.0458. The van der Waals surface area contributed by atoms with Gasteiger partial charge in [-0.1, -0.05) is 24.6 Å². The van der Waals surface area contributed by atoms with Crippen molar-refractivity contribution in [2.24, 2.45) is 0 Å². The first-order valence-corrected chi connectivity index (χ1v) is 10.5. The molecule has 4 rings (SSSR count). The van der Waals surface area contributed by atoms with Crippen LogP contribution in [0.15, 0.2) is 48.5 Å². The summed E-state index contributed by atoms with van der Waals surface area (Å²) in [7, 11) is 0. The van der Waals surface area contributed by atoms with Crippen LogP contribution in [0.3, 0.4) is 0 Å². The summed E-state index contributed by atoms with van der Waals surface area (Å²) in [5.74, 6) is -0.984. The van der Waals surface area contributed by atoms with E-state index in [1.165, 1.54) is 6.92 Å². The summed E-state index contributed by atoms with van der Waals surface area (Å²) in [6.45, 7) is 1.09. The number of nitrogens with zero attached hydrogens (tertiary/aromatic N) is 1. The molecule has 0 fully saturated rings. The van der Waals surface area contributed by atoms with Crippen LogP contribution < -0.4 is 5.32 Å². The summed E-state index contributed by atoms with van der Waals surface area (Å²) in [6, 6.07) is 14.1. The van der Waals surface area contributed by atoms with Gasteiger partial charge in [-0.3, -0.25) is 14.6 Å². The summed E-state index contributed by atoms with van der Waals surface area (Å²) in [5, 5.41) is 3.44. The maximum atomic E-state index is 13.1. The van der Waals surface area contributed by atoms with E-state index in [-0.39, 0.29) is 5.78 Å². The van der Waals surface area contributed by atoms with Gasteiger partial charge in [0.25, 0.3) is 5.91 Å². The third kappa shape index (κ3) is 4.63. The number of aromatic nitrogens is 1. The standard InChI is InChI=1S/C25H24N2O4/c1-16(28)17-11-13-18(14-12-17)26-23(29)15-31-25(30)24-19-7-3-2-4-9-21(19)27-22-10-6-5-8-20(22)24/h5-6,8,10-14H,2-4,7,9,15H2,1H3,(H,26,29).